The lowest BCUT2D eigenvalue weighted by molar-refractivity contribution is 0.567. The summed E-state index contributed by atoms with van der Waals surface area (Å²) in [4.78, 5) is 0.284. The molecule has 1 atom stereocenters. The zero-order valence-electron chi connectivity index (χ0n) is 12.2. The quantitative estimate of drug-likeness (QED) is 0.924. The molecular formula is C16H18ClNO2S. The molecule has 1 unspecified atom stereocenters. The van der Waals surface area contributed by atoms with Gasteiger partial charge in [0.2, 0.25) is 10.0 Å². The molecule has 5 heteroatoms. The Morgan fingerprint density at radius 3 is 2.19 bits per heavy atom. The molecule has 2 rings (SSSR count). The van der Waals surface area contributed by atoms with Crippen LogP contribution in [0.5, 0.6) is 0 Å². The molecule has 0 amide bonds. The van der Waals surface area contributed by atoms with Crippen molar-refractivity contribution in [2.45, 2.75) is 31.7 Å². The lowest BCUT2D eigenvalue weighted by atomic mass is 10.1. The number of hydrogen-bond acceptors (Lipinski definition) is 2. The van der Waals surface area contributed by atoms with Gasteiger partial charge in [-0.3, -0.25) is 0 Å². The minimum absolute atomic E-state index is 0.284. The van der Waals surface area contributed by atoms with Crippen LogP contribution in [0, 0.1) is 13.8 Å². The molecule has 0 aliphatic heterocycles. The van der Waals surface area contributed by atoms with Crippen LogP contribution >= 0.6 is 11.6 Å². The van der Waals surface area contributed by atoms with E-state index in [0.717, 1.165) is 16.7 Å². The summed E-state index contributed by atoms with van der Waals surface area (Å²) in [6.07, 6.45) is 0. The number of nitrogens with one attached hydrogen (secondary N) is 1. The van der Waals surface area contributed by atoms with Crippen LogP contribution in [0.2, 0.25) is 5.02 Å². The van der Waals surface area contributed by atoms with Crippen LogP contribution in [0.15, 0.2) is 47.4 Å². The Hall–Kier alpha value is -1.36. The van der Waals surface area contributed by atoms with E-state index in [0.29, 0.717) is 5.02 Å². The highest BCUT2D eigenvalue weighted by Crippen LogP contribution is 2.20. The van der Waals surface area contributed by atoms with Crippen molar-refractivity contribution in [1.29, 1.82) is 0 Å². The molecule has 0 saturated heterocycles. The summed E-state index contributed by atoms with van der Waals surface area (Å²) in [5, 5.41) is 0.628. The molecule has 2 aromatic rings. The van der Waals surface area contributed by atoms with Crippen LogP contribution in [-0.2, 0) is 10.0 Å². The van der Waals surface area contributed by atoms with Gasteiger partial charge in [-0.1, -0.05) is 29.8 Å². The molecule has 0 saturated carbocycles. The summed E-state index contributed by atoms with van der Waals surface area (Å²) in [5.41, 5.74) is 2.89. The second-order valence-corrected chi connectivity index (χ2v) is 7.29. The monoisotopic (exact) mass is 323 g/mol. The third-order valence-corrected chi connectivity index (χ3v) is 5.28. The summed E-state index contributed by atoms with van der Waals surface area (Å²) in [6.45, 7) is 5.66. The molecule has 112 valence electrons. The van der Waals surface area contributed by atoms with Crippen LogP contribution in [0.25, 0.3) is 0 Å². The van der Waals surface area contributed by atoms with Gasteiger partial charge < -0.3 is 0 Å². The van der Waals surface area contributed by atoms with E-state index in [9.17, 15) is 8.42 Å². The van der Waals surface area contributed by atoms with Crippen molar-refractivity contribution in [3.8, 4) is 0 Å². The van der Waals surface area contributed by atoms with Gasteiger partial charge in [-0.05, 0) is 61.7 Å². The van der Waals surface area contributed by atoms with Crippen LogP contribution in [-0.4, -0.2) is 8.42 Å². The molecular weight excluding hydrogens is 306 g/mol. The maximum absolute atomic E-state index is 12.4. The van der Waals surface area contributed by atoms with Crippen molar-refractivity contribution in [3.63, 3.8) is 0 Å². The fourth-order valence-corrected chi connectivity index (χ4v) is 3.44. The maximum Gasteiger partial charge on any atom is 0.241 e. The number of benzene rings is 2. The van der Waals surface area contributed by atoms with E-state index in [1.807, 2.05) is 39.0 Å². The van der Waals surface area contributed by atoms with Gasteiger partial charge in [0.25, 0.3) is 0 Å². The molecule has 0 radical (unpaired) electrons. The van der Waals surface area contributed by atoms with Crippen LogP contribution in [0.4, 0.5) is 0 Å². The van der Waals surface area contributed by atoms with E-state index in [1.54, 1.807) is 24.3 Å². The fourth-order valence-electron chi connectivity index (χ4n) is 2.00. The summed E-state index contributed by atoms with van der Waals surface area (Å²) < 4.78 is 27.5. The van der Waals surface area contributed by atoms with Gasteiger partial charge in [0, 0.05) is 11.1 Å². The van der Waals surface area contributed by atoms with Gasteiger partial charge >= 0.3 is 0 Å². The van der Waals surface area contributed by atoms with Crippen LogP contribution in [0.1, 0.15) is 29.7 Å². The normalized spacial score (nSPS) is 13.1. The standard InChI is InChI=1S/C16H18ClNO2S/c1-11-4-9-16(10-12(11)2)21(19,20)18-13(3)14-5-7-15(17)8-6-14/h4-10,13,18H,1-3H3. The van der Waals surface area contributed by atoms with E-state index in [-0.39, 0.29) is 10.9 Å². The van der Waals surface area contributed by atoms with Crippen LogP contribution < -0.4 is 4.72 Å². The first-order valence-electron chi connectivity index (χ1n) is 6.64. The second-order valence-electron chi connectivity index (χ2n) is 5.14. The van der Waals surface area contributed by atoms with E-state index < -0.39 is 10.0 Å². The molecule has 0 spiro atoms. The Bertz CT molecular complexity index is 739. The lowest BCUT2D eigenvalue weighted by Crippen LogP contribution is -2.27. The summed E-state index contributed by atoms with van der Waals surface area (Å²) >= 11 is 5.84. The SMILES string of the molecule is Cc1ccc(S(=O)(=O)NC(C)c2ccc(Cl)cc2)cc1C. The molecule has 0 aromatic heterocycles. The first-order valence-corrected chi connectivity index (χ1v) is 8.51. The Kier molecular flexibility index (Phi) is 4.71. The van der Waals surface area contributed by atoms with Crippen molar-refractivity contribution >= 4 is 21.6 Å². The number of hydrogen-bond donors (Lipinski definition) is 1. The van der Waals surface area contributed by atoms with Gasteiger partial charge in [-0.25, -0.2) is 13.1 Å². The Balaban J connectivity index is 2.24. The highest BCUT2D eigenvalue weighted by atomic mass is 35.5. The largest absolute Gasteiger partial charge is 0.241 e. The van der Waals surface area contributed by atoms with E-state index >= 15 is 0 Å². The van der Waals surface area contributed by atoms with Crippen molar-refractivity contribution < 1.29 is 8.42 Å². The first-order chi connectivity index (χ1) is 9.79. The van der Waals surface area contributed by atoms with Gasteiger partial charge in [0.15, 0.2) is 0 Å². The molecule has 0 heterocycles. The van der Waals surface area contributed by atoms with Crippen molar-refractivity contribution in [3.05, 3.63) is 64.2 Å². The van der Waals surface area contributed by atoms with Crippen molar-refractivity contribution in [2.75, 3.05) is 0 Å². The van der Waals surface area contributed by atoms with E-state index in [1.165, 1.54) is 0 Å². The zero-order valence-corrected chi connectivity index (χ0v) is 13.8. The third kappa shape index (κ3) is 3.84. The highest BCUT2D eigenvalue weighted by Gasteiger charge is 2.18. The average molecular weight is 324 g/mol. The highest BCUT2D eigenvalue weighted by molar-refractivity contribution is 7.89. The summed E-state index contributed by atoms with van der Waals surface area (Å²) in [7, 11) is -3.54. The van der Waals surface area contributed by atoms with E-state index in [2.05, 4.69) is 4.72 Å². The zero-order chi connectivity index (χ0) is 15.6. The molecule has 0 fully saturated rings. The van der Waals surface area contributed by atoms with Crippen molar-refractivity contribution in [1.82, 2.24) is 4.72 Å². The van der Waals surface area contributed by atoms with Gasteiger partial charge in [0.1, 0.15) is 0 Å². The van der Waals surface area contributed by atoms with E-state index in [4.69, 9.17) is 11.6 Å². The van der Waals surface area contributed by atoms with Gasteiger partial charge in [-0.2, -0.15) is 0 Å². The van der Waals surface area contributed by atoms with Gasteiger partial charge in [-0.15, -0.1) is 0 Å². The molecule has 0 aliphatic carbocycles. The van der Waals surface area contributed by atoms with Crippen molar-refractivity contribution in [2.24, 2.45) is 0 Å². The topological polar surface area (TPSA) is 46.2 Å². The minimum Gasteiger partial charge on any atom is -0.207 e. The Labute approximate surface area is 131 Å². The molecule has 0 bridgehead atoms. The van der Waals surface area contributed by atoms with Crippen LogP contribution in [0.3, 0.4) is 0 Å². The second kappa shape index (κ2) is 6.18. The molecule has 2 aromatic carbocycles. The first kappa shape index (κ1) is 16.0. The van der Waals surface area contributed by atoms with Gasteiger partial charge in [0.05, 0.1) is 4.90 Å². The lowest BCUT2D eigenvalue weighted by Gasteiger charge is -2.15. The number of sulfonamides is 1. The molecule has 21 heavy (non-hydrogen) atoms. The molecule has 3 nitrogen and oxygen atoms in total. The molecule has 1 N–H and O–H groups in total. The number of halogens is 1. The minimum atomic E-state index is -3.54. The molecule has 0 aliphatic rings. The predicted octanol–water partition coefficient (Wildman–Crippen LogP) is 4.00. The predicted molar refractivity (Wildman–Crippen MR) is 86.1 cm³/mol. The smallest absolute Gasteiger partial charge is 0.207 e. The average Bonchev–Trinajstić information content (AvgIpc) is 2.42. The Morgan fingerprint density at radius 2 is 1.62 bits per heavy atom. The maximum atomic E-state index is 12.4. The summed E-state index contributed by atoms with van der Waals surface area (Å²) in [5.74, 6) is 0. The number of aryl methyl sites for hydroxylation is 2. The third-order valence-electron chi connectivity index (χ3n) is 3.49. The summed E-state index contributed by atoms with van der Waals surface area (Å²) in [6, 6.07) is 11.9. The number of rotatable bonds is 4. The Morgan fingerprint density at radius 1 is 1.00 bits per heavy atom. The fraction of sp³-hybridized carbons (Fsp3) is 0.250.